The van der Waals surface area contributed by atoms with Crippen molar-refractivity contribution in [2.45, 2.75) is 6.61 Å². The smallest absolute Gasteiger partial charge is 0.335 e. The van der Waals surface area contributed by atoms with Crippen LogP contribution in [0, 0.1) is 0 Å². The Kier molecular flexibility index (Phi) is 3.65. The summed E-state index contributed by atoms with van der Waals surface area (Å²) in [5.74, 6) is -1.01. The van der Waals surface area contributed by atoms with Gasteiger partial charge in [0.25, 0.3) is 0 Å². The summed E-state index contributed by atoms with van der Waals surface area (Å²) in [6.07, 6.45) is 0. The number of aromatic carboxylic acids is 1. The van der Waals surface area contributed by atoms with Gasteiger partial charge in [-0.15, -0.1) is 0 Å². The Hall–Kier alpha value is -1.84. The van der Waals surface area contributed by atoms with Crippen LogP contribution in [0.4, 0.5) is 0 Å². The Labute approximate surface area is 109 Å². The van der Waals surface area contributed by atoms with Crippen molar-refractivity contribution in [3.63, 3.8) is 0 Å². The molecule has 0 aliphatic rings. The molecule has 0 saturated carbocycles. The van der Waals surface area contributed by atoms with Gasteiger partial charge in [-0.25, -0.2) is 4.79 Å². The zero-order valence-corrected chi connectivity index (χ0v) is 10.2. The molecule has 0 spiro atoms. The lowest BCUT2D eigenvalue weighted by molar-refractivity contribution is 0.0697. The second-order valence-corrected chi connectivity index (χ2v) is 4.22. The normalized spacial score (nSPS) is 10.3. The number of halogens is 1. The fourth-order valence-electron chi connectivity index (χ4n) is 1.79. The maximum absolute atomic E-state index is 11.0. The minimum Gasteiger partial charge on any atom is -0.478 e. The van der Waals surface area contributed by atoms with Gasteiger partial charge < -0.3 is 10.2 Å². The van der Waals surface area contributed by atoms with Gasteiger partial charge in [-0.3, -0.25) is 0 Å². The summed E-state index contributed by atoms with van der Waals surface area (Å²) in [6, 6.07) is 11.7. The van der Waals surface area contributed by atoms with Crippen LogP contribution in [-0.2, 0) is 6.61 Å². The number of aliphatic hydroxyl groups is 1. The van der Waals surface area contributed by atoms with E-state index in [1.165, 1.54) is 12.1 Å². The molecule has 4 heteroatoms. The molecule has 0 amide bonds. The van der Waals surface area contributed by atoms with Gasteiger partial charge in [0.2, 0.25) is 0 Å². The monoisotopic (exact) mass is 262 g/mol. The molecule has 3 nitrogen and oxygen atoms in total. The first-order chi connectivity index (χ1) is 8.63. The molecule has 18 heavy (non-hydrogen) atoms. The van der Waals surface area contributed by atoms with Crippen molar-refractivity contribution in [3.8, 4) is 11.1 Å². The van der Waals surface area contributed by atoms with E-state index in [2.05, 4.69) is 0 Å². The van der Waals surface area contributed by atoms with Crippen molar-refractivity contribution in [2.24, 2.45) is 0 Å². The molecule has 0 aliphatic carbocycles. The molecule has 0 atom stereocenters. The minimum absolute atomic E-state index is 0.121. The Bertz CT molecular complexity index is 593. The van der Waals surface area contributed by atoms with Crippen molar-refractivity contribution in [2.75, 3.05) is 0 Å². The van der Waals surface area contributed by atoms with Gasteiger partial charge >= 0.3 is 5.97 Å². The highest BCUT2D eigenvalue weighted by molar-refractivity contribution is 6.33. The van der Waals surface area contributed by atoms with Crippen molar-refractivity contribution in [1.82, 2.24) is 0 Å². The van der Waals surface area contributed by atoms with Gasteiger partial charge in [-0.2, -0.15) is 0 Å². The summed E-state index contributed by atoms with van der Waals surface area (Å²) in [5.41, 5.74) is 2.23. The molecule has 0 unspecified atom stereocenters. The third kappa shape index (κ3) is 2.37. The Morgan fingerprint density at radius 3 is 2.50 bits per heavy atom. The van der Waals surface area contributed by atoms with E-state index in [4.69, 9.17) is 16.7 Å². The van der Waals surface area contributed by atoms with Gasteiger partial charge in [-0.05, 0) is 29.3 Å². The predicted molar refractivity (Wildman–Crippen MR) is 69.8 cm³/mol. The number of carboxylic acid groups (broad SMARTS) is 1. The van der Waals surface area contributed by atoms with Crippen LogP contribution in [0.25, 0.3) is 11.1 Å². The molecular formula is C14H11ClO3. The molecule has 92 valence electrons. The van der Waals surface area contributed by atoms with E-state index >= 15 is 0 Å². The summed E-state index contributed by atoms with van der Waals surface area (Å²) < 4.78 is 0. The number of rotatable bonds is 3. The number of aliphatic hydroxyl groups excluding tert-OH is 1. The molecule has 0 fully saturated rings. The van der Waals surface area contributed by atoms with E-state index in [9.17, 15) is 9.90 Å². The number of hydrogen-bond acceptors (Lipinski definition) is 2. The first kappa shape index (κ1) is 12.6. The molecule has 2 rings (SSSR count). The van der Waals surface area contributed by atoms with Gasteiger partial charge in [0.15, 0.2) is 0 Å². The molecule has 0 aliphatic heterocycles. The van der Waals surface area contributed by atoms with Gasteiger partial charge in [0, 0.05) is 10.6 Å². The van der Waals surface area contributed by atoms with Crippen LogP contribution < -0.4 is 0 Å². The molecule has 0 heterocycles. The second kappa shape index (κ2) is 5.21. The maximum atomic E-state index is 11.0. The third-order valence-electron chi connectivity index (χ3n) is 2.69. The number of carbonyl (C=O) groups is 1. The van der Waals surface area contributed by atoms with Crippen LogP contribution in [0.2, 0.25) is 5.02 Å². The summed E-state index contributed by atoms with van der Waals surface area (Å²) in [7, 11) is 0. The first-order valence-electron chi connectivity index (χ1n) is 5.35. The number of hydrogen-bond donors (Lipinski definition) is 2. The molecule has 0 saturated heterocycles. The van der Waals surface area contributed by atoms with E-state index in [0.717, 1.165) is 5.56 Å². The molecule has 2 aromatic rings. The fourth-order valence-corrected chi connectivity index (χ4v) is 2.00. The number of carboxylic acids is 1. The maximum Gasteiger partial charge on any atom is 0.335 e. The van der Waals surface area contributed by atoms with Crippen LogP contribution in [0.5, 0.6) is 0 Å². The lowest BCUT2D eigenvalue weighted by atomic mass is 9.98. The largest absolute Gasteiger partial charge is 0.478 e. The summed E-state index contributed by atoms with van der Waals surface area (Å²) in [5, 5.41) is 18.7. The highest BCUT2D eigenvalue weighted by Crippen LogP contribution is 2.31. The van der Waals surface area contributed by atoms with Crippen LogP contribution >= 0.6 is 11.6 Å². The molecule has 2 N–H and O–H groups in total. The van der Waals surface area contributed by atoms with E-state index in [1.54, 1.807) is 18.2 Å². The Morgan fingerprint density at radius 1 is 1.11 bits per heavy atom. The van der Waals surface area contributed by atoms with Crippen LogP contribution in [0.15, 0.2) is 42.5 Å². The van der Waals surface area contributed by atoms with Gasteiger partial charge in [0.1, 0.15) is 0 Å². The van der Waals surface area contributed by atoms with Crippen molar-refractivity contribution >= 4 is 17.6 Å². The topological polar surface area (TPSA) is 57.5 Å². The fraction of sp³-hybridized carbons (Fsp3) is 0.0714. The summed E-state index contributed by atoms with van der Waals surface area (Å²) >= 11 is 6.09. The zero-order chi connectivity index (χ0) is 13.1. The predicted octanol–water partition coefficient (Wildman–Crippen LogP) is 3.20. The van der Waals surface area contributed by atoms with E-state index in [1.807, 2.05) is 12.1 Å². The molecule has 0 bridgehead atoms. The lowest BCUT2D eigenvalue weighted by Crippen LogP contribution is -1.97. The van der Waals surface area contributed by atoms with Crippen LogP contribution in [0.3, 0.4) is 0 Å². The first-order valence-corrected chi connectivity index (χ1v) is 5.73. The quantitative estimate of drug-likeness (QED) is 0.893. The van der Waals surface area contributed by atoms with E-state index < -0.39 is 5.97 Å². The summed E-state index contributed by atoms with van der Waals surface area (Å²) in [4.78, 5) is 11.0. The van der Waals surface area contributed by atoms with Crippen molar-refractivity contribution in [3.05, 3.63) is 58.6 Å². The lowest BCUT2D eigenvalue weighted by Gasteiger charge is -2.10. The van der Waals surface area contributed by atoms with Crippen LogP contribution in [-0.4, -0.2) is 16.2 Å². The summed E-state index contributed by atoms with van der Waals surface area (Å²) in [6.45, 7) is -0.121. The van der Waals surface area contributed by atoms with Gasteiger partial charge in [0.05, 0.1) is 12.2 Å². The van der Waals surface area contributed by atoms with E-state index in [0.29, 0.717) is 16.1 Å². The molecular weight excluding hydrogens is 252 g/mol. The van der Waals surface area contributed by atoms with Crippen molar-refractivity contribution in [1.29, 1.82) is 0 Å². The highest BCUT2D eigenvalue weighted by Gasteiger charge is 2.11. The van der Waals surface area contributed by atoms with Gasteiger partial charge in [-0.1, -0.05) is 35.9 Å². The Morgan fingerprint density at radius 2 is 1.83 bits per heavy atom. The number of benzene rings is 2. The standard InChI is InChI=1S/C14H11ClO3/c15-13-6-5-9(14(17)18)7-12(13)11-4-2-1-3-10(11)8-16/h1-7,16H,8H2,(H,17,18). The third-order valence-corrected chi connectivity index (χ3v) is 3.02. The second-order valence-electron chi connectivity index (χ2n) is 3.82. The highest BCUT2D eigenvalue weighted by atomic mass is 35.5. The molecule has 0 aromatic heterocycles. The zero-order valence-electron chi connectivity index (χ0n) is 9.43. The molecule has 0 radical (unpaired) electrons. The molecule has 2 aromatic carbocycles. The Balaban J connectivity index is 2.62. The average molecular weight is 263 g/mol. The van der Waals surface area contributed by atoms with E-state index in [-0.39, 0.29) is 12.2 Å². The minimum atomic E-state index is -1.01. The van der Waals surface area contributed by atoms with Crippen molar-refractivity contribution < 1.29 is 15.0 Å². The SMILES string of the molecule is O=C(O)c1ccc(Cl)c(-c2ccccc2CO)c1. The average Bonchev–Trinajstić information content (AvgIpc) is 2.39. The van der Waals surface area contributed by atoms with Crippen LogP contribution in [0.1, 0.15) is 15.9 Å².